The largest absolute Gasteiger partial charge is 0.368 e. The van der Waals surface area contributed by atoms with E-state index in [0.29, 0.717) is 22.4 Å². The first kappa shape index (κ1) is 13.3. The van der Waals surface area contributed by atoms with Gasteiger partial charge in [-0.25, -0.2) is 0 Å². The molecule has 0 fully saturated rings. The van der Waals surface area contributed by atoms with Crippen LogP contribution in [0.1, 0.15) is 0 Å². The average Bonchev–Trinajstić information content (AvgIpc) is 2.48. The van der Waals surface area contributed by atoms with Crippen LogP contribution in [0, 0.1) is 0 Å². The number of halogens is 1. The molecule has 2 heterocycles. The molecule has 0 radical (unpaired) electrons. The third-order valence-corrected chi connectivity index (χ3v) is 3.03. The molecule has 0 spiro atoms. The number of nitrogens with one attached hydrogen (secondary N) is 1. The van der Waals surface area contributed by atoms with E-state index < -0.39 is 0 Å². The van der Waals surface area contributed by atoms with Gasteiger partial charge in [-0.15, -0.1) is 0 Å². The van der Waals surface area contributed by atoms with Crippen molar-refractivity contribution in [3.63, 3.8) is 0 Å². The van der Waals surface area contributed by atoms with Crippen LogP contribution in [0.25, 0.3) is 11.4 Å². The molecule has 3 aromatic rings. The van der Waals surface area contributed by atoms with Gasteiger partial charge in [-0.05, 0) is 24.3 Å². The Hall–Kier alpha value is -2.73. The Balaban J connectivity index is 1.99. The predicted octanol–water partition coefficient (Wildman–Crippen LogP) is 2.91. The molecule has 3 rings (SSSR count). The molecule has 0 aliphatic rings. The number of nitrogens with zero attached hydrogens (tertiary/aromatic N) is 4. The number of nitrogen functional groups attached to an aromatic ring is 1. The Bertz CT molecular complexity index is 762. The van der Waals surface area contributed by atoms with E-state index in [1.165, 1.54) is 0 Å². The number of hydrogen-bond acceptors (Lipinski definition) is 6. The van der Waals surface area contributed by atoms with Gasteiger partial charge in [0.15, 0.2) is 5.82 Å². The fraction of sp³-hybridized carbons (Fsp3) is 0. The quantitative estimate of drug-likeness (QED) is 0.773. The molecule has 7 heteroatoms. The number of anilines is 3. The van der Waals surface area contributed by atoms with E-state index in [-0.39, 0.29) is 5.95 Å². The monoisotopic (exact) mass is 298 g/mol. The highest BCUT2D eigenvalue weighted by Gasteiger charge is 2.10. The van der Waals surface area contributed by atoms with E-state index in [4.69, 9.17) is 17.3 Å². The number of pyridine rings is 1. The Kier molecular flexibility index (Phi) is 3.61. The highest BCUT2D eigenvalue weighted by Crippen LogP contribution is 2.25. The lowest BCUT2D eigenvalue weighted by atomic mass is 10.2. The maximum atomic E-state index is 6.15. The molecule has 0 atom stereocenters. The zero-order chi connectivity index (χ0) is 14.7. The lowest BCUT2D eigenvalue weighted by Gasteiger charge is -2.08. The second-order valence-corrected chi connectivity index (χ2v) is 4.59. The summed E-state index contributed by atoms with van der Waals surface area (Å²) in [5.41, 5.74) is 7.25. The summed E-state index contributed by atoms with van der Waals surface area (Å²) in [6, 6.07) is 10.9. The first-order valence-corrected chi connectivity index (χ1v) is 6.54. The summed E-state index contributed by atoms with van der Waals surface area (Å²) >= 11 is 6.15. The third-order valence-electron chi connectivity index (χ3n) is 2.70. The molecule has 2 aromatic heterocycles. The Morgan fingerprint density at radius 1 is 0.952 bits per heavy atom. The number of rotatable bonds is 3. The molecule has 0 saturated heterocycles. The van der Waals surface area contributed by atoms with Crippen molar-refractivity contribution in [2.75, 3.05) is 11.1 Å². The number of aromatic nitrogens is 4. The summed E-state index contributed by atoms with van der Waals surface area (Å²) in [6.45, 7) is 0. The van der Waals surface area contributed by atoms with Gasteiger partial charge in [-0.2, -0.15) is 15.0 Å². The second-order valence-electron chi connectivity index (χ2n) is 4.18. The van der Waals surface area contributed by atoms with Crippen molar-refractivity contribution < 1.29 is 0 Å². The number of benzene rings is 1. The molecule has 1 aromatic carbocycles. The van der Waals surface area contributed by atoms with Crippen LogP contribution in [0.5, 0.6) is 0 Å². The van der Waals surface area contributed by atoms with Crippen LogP contribution in [0.15, 0.2) is 48.8 Å². The van der Waals surface area contributed by atoms with Crippen LogP contribution in [-0.2, 0) is 0 Å². The Morgan fingerprint density at radius 3 is 2.48 bits per heavy atom. The summed E-state index contributed by atoms with van der Waals surface area (Å²) in [6.07, 6.45) is 3.34. The van der Waals surface area contributed by atoms with E-state index in [2.05, 4.69) is 25.3 Å². The van der Waals surface area contributed by atoms with E-state index in [9.17, 15) is 0 Å². The normalized spacial score (nSPS) is 10.3. The van der Waals surface area contributed by atoms with Gasteiger partial charge >= 0.3 is 0 Å². The predicted molar refractivity (Wildman–Crippen MR) is 82.2 cm³/mol. The highest BCUT2D eigenvalue weighted by molar-refractivity contribution is 6.33. The first-order chi connectivity index (χ1) is 10.2. The first-order valence-electron chi connectivity index (χ1n) is 6.16. The van der Waals surface area contributed by atoms with Crippen molar-refractivity contribution in [2.45, 2.75) is 0 Å². The van der Waals surface area contributed by atoms with E-state index in [1.54, 1.807) is 30.6 Å². The minimum Gasteiger partial charge on any atom is -0.368 e. The molecular formula is C14H11ClN6. The Labute approximate surface area is 126 Å². The van der Waals surface area contributed by atoms with Crippen molar-refractivity contribution in [3.8, 4) is 11.4 Å². The molecule has 3 N–H and O–H groups in total. The molecule has 0 aliphatic heterocycles. The van der Waals surface area contributed by atoms with Crippen LogP contribution >= 0.6 is 11.6 Å². The molecule has 6 nitrogen and oxygen atoms in total. The molecule has 0 saturated carbocycles. The van der Waals surface area contributed by atoms with Gasteiger partial charge in [0.1, 0.15) is 0 Å². The van der Waals surface area contributed by atoms with E-state index in [0.717, 1.165) is 5.69 Å². The molecule has 0 unspecified atom stereocenters. The summed E-state index contributed by atoms with van der Waals surface area (Å²) < 4.78 is 0. The SMILES string of the molecule is Nc1nc(Nc2ccncc2)nc(-c2ccccc2Cl)n1. The maximum absolute atomic E-state index is 6.15. The van der Waals surface area contributed by atoms with Gasteiger partial charge in [0.05, 0.1) is 5.02 Å². The van der Waals surface area contributed by atoms with Crippen LogP contribution in [0.4, 0.5) is 17.6 Å². The van der Waals surface area contributed by atoms with Gasteiger partial charge in [0.25, 0.3) is 0 Å². The molecule has 0 bridgehead atoms. The summed E-state index contributed by atoms with van der Waals surface area (Å²) in [5, 5.41) is 3.60. The highest BCUT2D eigenvalue weighted by atomic mass is 35.5. The minimum atomic E-state index is 0.122. The van der Waals surface area contributed by atoms with Crippen molar-refractivity contribution in [3.05, 3.63) is 53.8 Å². The molecule has 104 valence electrons. The minimum absolute atomic E-state index is 0.122. The zero-order valence-corrected chi connectivity index (χ0v) is 11.6. The average molecular weight is 299 g/mol. The van der Waals surface area contributed by atoms with E-state index in [1.807, 2.05) is 18.2 Å². The lowest BCUT2D eigenvalue weighted by molar-refractivity contribution is 1.08. The summed E-state index contributed by atoms with van der Waals surface area (Å²) in [5.74, 6) is 0.893. The molecule has 0 amide bonds. The maximum Gasteiger partial charge on any atom is 0.232 e. The summed E-state index contributed by atoms with van der Waals surface area (Å²) in [4.78, 5) is 16.5. The van der Waals surface area contributed by atoms with Gasteiger partial charge in [0, 0.05) is 23.6 Å². The lowest BCUT2D eigenvalue weighted by Crippen LogP contribution is -2.05. The fourth-order valence-corrected chi connectivity index (χ4v) is 2.00. The van der Waals surface area contributed by atoms with Gasteiger partial charge < -0.3 is 11.1 Å². The van der Waals surface area contributed by atoms with Crippen LogP contribution in [0.3, 0.4) is 0 Å². The molecular weight excluding hydrogens is 288 g/mol. The Morgan fingerprint density at radius 2 is 1.71 bits per heavy atom. The number of nitrogens with two attached hydrogens (primary N) is 1. The van der Waals surface area contributed by atoms with Gasteiger partial charge in [-0.1, -0.05) is 23.7 Å². The topological polar surface area (TPSA) is 89.6 Å². The van der Waals surface area contributed by atoms with Crippen molar-refractivity contribution >= 4 is 29.2 Å². The third kappa shape index (κ3) is 3.06. The van der Waals surface area contributed by atoms with Crippen molar-refractivity contribution in [1.29, 1.82) is 0 Å². The van der Waals surface area contributed by atoms with Crippen LogP contribution < -0.4 is 11.1 Å². The second kappa shape index (κ2) is 5.72. The van der Waals surface area contributed by atoms with Gasteiger partial charge in [0.2, 0.25) is 11.9 Å². The molecule has 0 aliphatic carbocycles. The smallest absolute Gasteiger partial charge is 0.232 e. The summed E-state index contributed by atoms with van der Waals surface area (Å²) in [7, 11) is 0. The van der Waals surface area contributed by atoms with E-state index >= 15 is 0 Å². The van der Waals surface area contributed by atoms with Crippen LogP contribution in [0.2, 0.25) is 5.02 Å². The van der Waals surface area contributed by atoms with Crippen molar-refractivity contribution in [1.82, 2.24) is 19.9 Å². The number of hydrogen-bond donors (Lipinski definition) is 2. The molecule has 21 heavy (non-hydrogen) atoms. The van der Waals surface area contributed by atoms with Crippen LogP contribution in [-0.4, -0.2) is 19.9 Å². The van der Waals surface area contributed by atoms with Crippen molar-refractivity contribution in [2.24, 2.45) is 0 Å². The van der Waals surface area contributed by atoms with Gasteiger partial charge in [-0.3, -0.25) is 4.98 Å². The fourth-order valence-electron chi connectivity index (χ4n) is 1.78. The standard InChI is InChI=1S/C14H11ClN6/c15-11-4-2-1-3-10(11)12-19-13(16)21-14(20-12)18-9-5-7-17-8-6-9/h1-8H,(H3,16,17,18,19,20,21). The zero-order valence-electron chi connectivity index (χ0n) is 10.9.